The average Bonchev–Trinajstić information content (AvgIpc) is 2.33. The topological polar surface area (TPSA) is 21.3 Å². The molecule has 1 N–H and O–H groups in total. The first kappa shape index (κ1) is 10.6. The molecule has 2 rings (SSSR count). The lowest BCUT2D eigenvalue weighted by Crippen LogP contribution is -2.08. The molecule has 0 saturated carbocycles. The Morgan fingerprint density at radius 2 is 1.62 bits per heavy atom. The Balaban J connectivity index is 1.82. The molecule has 2 nitrogen and oxygen atoms in total. The zero-order valence-corrected chi connectivity index (χ0v) is 9.31. The fourth-order valence-electron chi connectivity index (χ4n) is 1.39. The molecule has 0 fully saturated rings. The van der Waals surface area contributed by atoms with Crippen LogP contribution in [0.3, 0.4) is 0 Å². The van der Waals surface area contributed by atoms with Crippen molar-refractivity contribution in [3.05, 3.63) is 60.2 Å². The van der Waals surface area contributed by atoms with Crippen LogP contribution in [0.25, 0.3) is 0 Å². The molecule has 0 radical (unpaired) electrons. The van der Waals surface area contributed by atoms with Gasteiger partial charge in [0.15, 0.2) is 6.73 Å². The van der Waals surface area contributed by atoms with Gasteiger partial charge in [0.1, 0.15) is 5.75 Å². The number of aryl methyl sites for hydroxylation is 1. The van der Waals surface area contributed by atoms with E-state index < -0.39 is 0 Å². The van der Waals surface area contributed by atoms with E-state index in [0.717, 1.165) is 11.4 Å². The highest BCUT2D eigenvalue weighted by Crippen LogP contribution is 2.11. The highest BCUT2D eigenvalue weighted by atomic mass is 16.5. The van der Waals surface area contributed by atoms with Gasteiger partial charge in [0.25, 0.3) is 0 Å². The van der Waals surface area contributed by atoms with E-state index in [-0.39, 0.29) is 0 Å². The minimum atomic E-state index is 0.479. The number of ether oxygens (including phenoxy) is 1. The highest BCUT2D eigenvalue weighted by Gasteiger charge is 1.92. The molecule has 0 aromatic heterocycles. The highest BCUT2D eigenvalue weighted by molar-refractivity contribution is 5.42. The van der Waals surface area contributed by atoms with Gasteiger partial charge in [0, 0.05) is 5.69 Å². The predicted octanol–water partition coefficient (Wildman–Crippen LogP) is 3.44. The van der Waals surface area contributed by atoms with E-state index >= 15 is 0 Å². The fourth-order valence-corrected chi connectivity index (χ4v) is 1.39. The third-order valence-corrected chi connectivity index (χ3v) is 2.31. The molecule has 82 valence electrons. The van der Waals surface area contributed by atoms with Crippen molar-refractivity contribution >= 4 is 5.69 Å². The van der Waals surface area contributed by atoms with Gasteiger partial charge in [-0.25, -0.2) is 0 Å². The maximum atomic E-state index is 5.55. The van der Waals surface area contributed by atoms with E-state index in [9.17, 15) is 0 Å². The summed E-state index contributed by atoms with van der Waals surface area (Å²) < 4.78 is 5.55. The summed E-state index contributed by atoms with van der Waals surface area (Å²) in [5.41, 5.74) is 2.30. The van der Waals surface area contributed by atoms with Crippen molar-refractivity contribution in [1.29, 1.82) is 0 Å². The van der Waals surface area contributed by atoms with Gasteiger partial charge in [-0.15, -0.1) is 0 Å². The van der Waals surface area contributed by atoms with E-state index in [4.69, 9.17) is 4.74 Å². The average molecular weight is 213 g/mol. The fraction of sp³-hybridized carbons (Fsp3) is 0.143. The summed E-state index contributed by atoms with van der Waals surface area (Å²) >= 11 is 0. The van der Waals surface area contributed by atoms with E-state index in [1.807, 2.05) is 54.6 Å². The molecule has 2 aromatic carbocycles. The van der Waals surface area contributed by atoms with E-state index in [1.54, 1.807) is 0 Å². The smallest absolute Gasteiger partial charge is 0.159 e. The first-order valence-electron chi connectivity index (χ1n) is 5.33. The second kappa shape index (κ2) is 5.21. The van der Waals surface area contributed by atoms with Crippen LogP contribution in [0.1, 0.15) is 5.56 Å². The molecule has 0 unspecified atom stereocenters. The minimum Gasteiger partial charge on any atom is -0.473 e. The Bertz CT molecular complexity index is 422. The third-order valence-electron chi connectivity index (χ3n) is 2.31. The standard InChI is InChI=1S/C14H15NO/c1-12-7-9-14(10-8-12)16-11-15-13-5-3-2-4-6-13/h2-10,15H,11H2,1H3. The maximum Gasteiger partial charge on any atom is 0.159 e. The Kier molecular flexibility index (Phi) is 3.44. The van der Waals surface area contributed by atoms with Gasteiger partial charge in [0.05, 0.1) is 0 Å². The molecule has 2 aromatic rings. The van der Waals surface area contributed by atoms with Crippen LogP contribution in [-0.2, 0) is 0 Å². The number of anilines is 1. The molecular weight excluding hydrogens is 198 g/mol. The second-order valence-corrected chi connectivity index (χ2v) is 3.64. The number of hydrogen-bond donors (Lipinski definition) is 1. The summed E-state index contributed by atoms with van der Waals surface area (Å²) in [5.74, 6) is 0.883. The van der Waals surface area contributed by atoms with Crippen LogP contribution >= 0.6 is 0 Å². The van der Waals surface area contributed by atoms with Crippen LogP contribution in [0.2, 0.25) is 0 Å². The van der Waals surface area contributed by atoms with Crippen molar-refractivity contribution in [2.45, 2.75) is 6.92 Å². The summed E-state index contributed by atoms with van der Waals surface area (Å²) in [5, 5.41) is 3.19. The molecule has 2 heteroatoms. The number of rotatable bonds is 4. The maximum absolute atomic E-state index is 5.55. The molecular formula is C14H15NO. The molecule has 0 aliphatic heterocycles. The Hall–Kier alpha value is -1.96. The molecule has 0 aliphatic rings. The lowest BCUT2D eigenvalue weighted by molar-refractivity contribution is 0.347. The Morgan fingerprint density at radius 3 is 2.31 bits per heavy atom. The summed E-state index contributed by atoms with van der Waals surface area (Å²) in [6.45, 7) is 2.54. The summed E-state index contributed by atoms with van der Waals surface area (Å²) in [6.07, 6.45) is 0. The van der Waals surface area contributed by atoms with Crippen molar-refractivity contribution in [2.75, 3.05) is 12.0 Å². The number of hydrogen-bond acceptors (Lipinski definition) is 2. The summed E-state index contributed by atoms with van der Waals surface area (Å²) in [7, 11) is 0. The SMILES string of the molecule is Cc1ccc(OCNc2ccccc2)cc1. The molecule has 0 heterocycles. The zero-order chi connectivity index (χ0) is 11.2. The zero-order valence-electron chi connectivity index (χ0n) is 9.31. The van der Waals surface area contributed by atoms with Crippen LogP contribution in [0.5, 0.6) is 5.75 Å². The van der Waals surface area contributed by atoms with Crippen molar-refractivity contribution in [1.82, 2.24) is 0 Å². The van der Waals surface area contributed by atoms with Gasteiger partial charge < -0.3 is 10.1 Å². The second-order valence-electron chi connectivity index (χ2n) is 3.64. The van der Waals surface area contributed by atoms with E-state index in [1.165, 1.54) is 5.56 Å². The van der Waals surface area contributed by atoms with Crippen molar-refractivity contribution in [3.8, 4) is 5.75 Å². The first-order chi connectivity index (χ1) is 7.84. The van der Waals surface area contributed by atoms with Crippen molar-refractivity contribution in [3.63, 3.8) is 0 Å². The number of para-hydroxylation sites is 1. The molecule has 0 spiro atoms. The number of benzene rings is 2. The Labute approximate surface area is 95.9 Å². The summed E-state index contributed by atoms with van der Waals surface area (Å²) in [6, 6.07) is 18.0. The lowest BCUT2D eigenvalue weighted by Gasteiger charge is -2.08. The molecule has 16 heavy (non-hydrogen) atoms. The van der Waals surface area contributed by atoms with Crippen LogP contribution in [0, 0.1) is 6.92 Å². The quantitative estimate of drug-likeness (QED) is 0.785. The van der Waals surface area contributed by atoms with Gasteiger partial charge in [-0.05, 0) is 31.2 Å². The largest absolute Gasteiger partial charge is 0.473 e. The third kappa shape index (κ3) is 3.02. The first-order valence-corrected chi connectivity index (χ1v) is 5.33. The molecule has 0 saturated heterocycles. The van der Waals surface area contributed by atoms with Gasteiger partial charge in [-0.1, -0.05) is 35.9 Å². The lowest BCUT2D eigenvalue weighted by atomic mass is 10.2. The molecule has 0 amide bonds. The monoisotopic (exact) mass is 213 g/mol. The van der Waals surface area contributed by atoms with E-state index in [2.05, 4.69) is 12.2 Å². The normalized spacial score (nSPS) is 9.81. The predicted molar refractivity (Wildman–Crippen MR) is 66.7 cm³/mol. The van der Waals surface area contributed by atoms with Gasteiger partial charge in [0.2, 0.25) is 0 Å². The Morgan fingerprint density at radius 1 is 0.938 bits per heavy atom. The van der Waals surface area contributed by atoms with E-state index in [0.29, 0.717) is 6.73 Å². The minimum absolute atomic E-state index is 0.479. The summed E-state index contributed by atoms with van der Waals surface area (Å²) in [4.78, 5) is 0. The molecule has 0 aliphatic carbocycles. The van der Waals surface area contributed by atoms with Crippen molar-refractivity contribution in [2.24, 2.45) is 0 Å². The molecule has 0 atom stereocenters. The molecule has 0 bridgehead atoms. The van der Waals surface area contributed by atoms with Crippen LogP contribution in [0.4, 0.5) is 5.69 Å². The van der Waals surface area contributed by atoms with Crippen LogP contribution < -0.4 is 10.1 Å². The van der Waals surface area contributed by atoms with Crippen LogP contribution in [0.15, 0.2) is 54.6 Å². The van der Waals surface area contributed by atoms with Gasteiger partial charge in [-0.3, -0.25) is 0 Å². The van der Waals surface area contributed by atoms with Crippen LogP contribution in [-0.4, -0.2) is 6.73 Å². The number of nitrogens with one attached hydrogen (secondary N) is 1. The van der Waals surface area contributed by atoms with Gasteiger partial charge in [-0.2, -0.15) is 0 Å². The van der Waals surface area contributed by atoms with Crippen molar-refractivity contribution < 1.29 is 4.74 Å². The van der Waals surface area contributed by atoms with Gasteiger partial charge >= 0.3 is 0 Å².